The van der Waals surface area contributed by atoms with Crippen LogP contribution >= 0.6 is 0 Å². The molecule has 0 rings (SSSR count). The van der Waals surface area contributed by atoms with Crippen molar-refractivity contribution in [1.82, 2.24) is 0 Å². The first-order valence-corrected chi connectivity index (χ1v) is 4.09. The van der Waals surface area contributed by atoms with Crippen LogP contribution in [0.1, 0.15) is 32.1 Å². The van der Waals surface area contributed by atoms with E-state index in [0.29, 0.717) is 12.8 Å². The van der Waals surface area contributed by atoms with Crippen molar-refractivity contribution in [3.63, 3.8) is 0 Å². The molecule has 0 aliphatic rings. The van der Waals surface area contributed by atoms with Crippen molar-refractivity contribution in [1.29, 1.82) is 0 Å². The maximum absolute atomic E-state index is 11.6. The third-order valence-electron chi connectivity index (χ3n) is 1.57. The molecule has 0 spiro atoms. The van der Waals surface area contributed by atoms with Crippen molar-refractivity contribution in [2.24, 2.45) is 0 Å². The molecule has 0 aromatic heterocycles. The first kappa shape index (κ1) is 12.3. The highest BCUT2D eigenvalue weighted by molar-refractivity contribution is 5.68. The highest BCUT2D eigenvalue weighted by Gasteiger charge is 2.25. The molecule has 0 aromatic rings. The lowest BCUT2D eigenvalue weighted by Gasteiger charge is -2.04. The minimum absolute atomic E-state index is 0.0838. The topological polar surface area (TPSA) is 26.3 Å². The van der Waals surface area contributed by atoms with Gasteiger partial charge in [-0.2, -0.15) is 13.2 Å². The molecule has 0 saturated carbocycles. The second-order valence-corrected chi connectivity index (χ2v) is 2.75. The lowest BCUT2D eigenvalue weighted by Crippen LogP contribution is -2.06. The molecule has 0 amide bonds. The number of hydrogen-bond donors (Lipinski definition) is 0. The molecule has 0 atom stereocenters. The first-order valence-electron chi connectivity index (χ1n) is 4.09. The minimum Gasteiger partial charge on any atom is -0.469 e. The van der Waals surface area contributed by atoms with Crippen molar-refractivity contribution >= 4 is 5.97 Å². The normalized spacial score (nSPS) is 11.4. The van der Waals surface area contributed by atoms with Gasteiger partial charge in [0.25, 0.3) is 0 Å². The zero-order valence-corrected chi connectivity index (χ0v) is 7.49. The Morgan fingerprint density at radius 1 is 1.23 bits per heavy atom. The molecule has 0 N–H and O–H groups in total. The van der Waals surface area contributed by atoms with Crippen LogP contribution in [0.15, 0.2) is 0 Å². The number of unbranched alkanes of at least 4 members (excludes halogenated alkanes) is 2. The monoisotopic (exact) mass is 198 g/mol. The first-order chi connectivity index (χ1) is 5.95. The predicted molar refractivity (Wildman–Crippen MR) is 41.2 cm³/mol. The van der Waals surface area contributed by atoms with Crippen molar-refractivity contribution in [3.05, 3.63) is 0 Å². The van der Waals surface area contributed by atoms with Gasteiger partial charge in [-0.1, -0.05) is 6.42 Å². The van der Waals surface area contributed by atoms with Gasteiger partial charge in [0.15, 0.2) is 0 Å². The Morgan fingerprint density at radius 2 is 1.85 bits per heavy atom. The van der Waals surface area contributed by atoms with E-state index in [9.17, 15) is 18.0 Å². The van der Waals surface area contributed by atoms with Crippen molar-refractivity contribution < 1.29 is 22.7 Å². The standard InChI is InChI=1S/C8H13F3O2/c1-13-7(12)5-3-2-4-6-8(9,10)11/h2-6H2,1H3. The number of carbonyl (C=O) groups is 1. The Hall–Kier alpha value is -0.740. The molecule has 2 nitrogen and oxygen atoms in total. The number of esters is 1. The van der Waals surface area contributed by atoms with Gasteiger partial charge in [0, 0.05) is 12.8 Å². The second-order valence-electron chi connectivity index (χ2n) is 2.75. The van der Waals surface area contributed by atoms with Gasteiger partial charge < -0.3 is 4.74 Å². The highest BCUT2D eigenvalue weighted by Crippen LogP contribution is 2.22. The van der Waals surface area contributed by atoms with Crippen LogP contribution in [0.4, 0.5) is 13.2 Å². The lowest BCUT2D eigenvalue weighted by molar-refractivity contribution is -0.140. The Morgan fingerprint density at radius 3 is 2.31 bits per heavy atom. The molecular weight excluding hydrogens is 185 g/mol. The van der Waals surface area contributed by atoms with E-state index in [1.807, 2.05) is 0 Å². The summed E-state index contributed by atoms with van der Waals surface area (Å²) in [5, 5.41) is 0. The fraction of sp³-hybridized carbons (Fsp3) is 0.875. The molecule has 13 heavy (non-hydrogen) atoms. The Kier molecular flexibility index (Phi) is 5.50. The van der Waals surface area contributed by atoms with Gasteiger partial charge in [-0.05, 0) is 12.8 Å². The third kappa shape index (κ3) is 9.17. The van der Waals surface area contributed by atoms with Crippen LogP contribution in [0, 0.1) is 0 Å². The third-order valence-corrected chi connectivity index (χ3v) is 1.57. The van der Waals surface area contributed by atoms with Gasteiger partial charge in [-0.25, -0.2) is 0 Å². The maximum Gasteiger partial charge on any atom is 0.389 e. The van der Waals surface area contributed by atoms with E-state index in [-0.39, 0.29) is 18.8 Å². The van der Waals surface area contributed by atoms with Crippen LogP contribution in [-0.4, -0.2) is 19.3 Å². The van der Waals surface area contributed by atoms with E-state index < -0.39 is 12.6 Å². The van der Waals surface area contributed by atoms with Crippen molar-refractivity contribution in [3.8, 4) is 0 Å². The van der Waals surface area contributed by atoms with Gasteiger partial charge in [-0.15, -0.1) is 0 Å². The van der Waals surface area contributed by atoms with E-state index >= 15 is 0 Å². The molecule has 0 saturated heterocycles. The van der Waals surface area contributed by atoms with Gasteiger partial charge in [0.1, 0.15) is 0 Å². The number of alkyl halides is 3. The summed E-state index contributed by atoms with van der Waals surface area (Å²) in [6.45, 7) is 0. The highest BCUT2D eigenvalue weighted by atomic mass is 19.4. The summed E-state index contributed by atoms with van der Waals surface area (Å²) in [5.41, 5.74) is 0. The summed E-state index contributed by atoms with van der Waals surface area (Å²) >= 11 is 0. The van der Waals surface area contributed by atoms with Crippen LogP contribution < -0.4 is 0 Å². The lowest BCUT2D eigenvalue weighted by atomic mass is 10.1. The van der Waals surface area contributed by atoms with Crippen molar-refractivity contribution in [2.45, 2.75) is 38.3 Å². The number of ether oxygens (including phenoxy) is 1. The van der Waals surface area contributed by atoms with Crippen LogP contribution in [-0.2, 0) is 9.53 Å². The number of hydrogen-bond acceptors (Lipinski definition) is 2. The van der Waals surface area contributed by atoms with Crippen LogP contribution in [0.5, 0.6) is 0 Å². The summed E-state index contributed by atoms with van der Waals surface area (Å²) in [4.78, 5) is 10.5. The fourth-order valence-corrected chi connectivity index (χ4v) is 0.874. The maximum atomic E-state index is 11.6. The van der Waals surface area contributed by atoms with Gasteiger partial charge in [-0.3, -0.25) is 4.79 Å². The van der Waals surface area contributed by atoms with E-state index in [1.54, 1.807) is 0 Å². The average Bonchev–Trinajstić information content (AvgIpc) is 2.01. The smallest absolute Gasteiger partial charge is 0.389 e. The number of carbonyl (C=O) groups excluding carboxylic acids is 1. The quantitative estimate of drug-likeness (QED) is 0.501. The van der Waals surface area contributed by atoms with E-state index in [4.69, 9.17) is 0 Å². The SMILES string of the molecule is COC(=O)CCCCCC(F)(F)F. The number of rotatable bonds is 5. The molecule has 5 heteroatoms. The summed E-state index contributed by atoms with van der Waals surface area (Å²) in [7, 11) is 1.26. The summed E-state index contributed by atoms with van der Waals surface area (Å²) in [5.74, 6) is -0.369. The predicted octanol–water partition coefficient (Wildman–Crippen LogP) is 2.67. The molecule has 0 aliphatic heterocycles. The minimum atomic E-state index is -4.08. The van der Waals surface area contributed by atoms with E-state index in [0.717, 1.165) is 0 Å². The zero-order chi connectivity index (χ0) is 10.3. The zero-order valence-electron chi connectivity index (χ0n) is 7.49. The van der Waals surface area contributed by atoms with Crippen LogP contribution in [0.2, 0.25) is 0 Å². The molecular formula is C8H13F3O2. The second kappa shape index (κ2) is 5.83. The van der Waals surface area contributed by atoms with Gasteiger partial charge >= 0.3 is 12.1 Å². The fourth-order valence-electron chi connectivity index (χ4n) is 0.874. The van der Waals surface area contributed by atoms with Gasteiger partial charge in [0.2, 0.25) is 0 Å². The Bertz CT molecular complexity index is 154. The van der Waals surface area contributed by atoms with Crippen LogP contribution in [0.3, 0.4) is 0 Å². The largest absolute Gasteiger partial charge is 0.469 e. The summed E-state index contributed by atoms with van der Waals surface area (Å²) in [6, 6.07) is 0. The summed E-state index contributed by atoms with van der Waals surface area (Å²) < 4.78 is 39.2. The molecule has 0 heterocycles. The Labute approximate surface area is 75.1 Å². The molecule has 0 aliphatic carbocycles. The molecule has 0 aromatic carbocycles. The molecule has 0 bridgehead atoms. The molecule has 78 valence electrons. The van der Waals surface area contributed by atoms with Crippen molar-refractivity contribution in [2.75, 3.05) is 7.11 Å². The Balaban J connectivity index is 3.22. The van der Waals surface area contributed by atoms with E-state index in [1.165, 1.54) is 7.11 Å². The molecule has 0 radical (unpaired) electrons. The average molecular weight is 198 g/mol. The van der Waals surface area contributed by atoms with Gasteiger partial charge in [0.05, 0.1) is 7.11 Å². The number of halogens is 3. The molecule has 0 fully saturated rings. The van der Waals surface area contributed by atoms with E-state index in [2.05, 4.69) is 4.74 Å². The van der Waals surface area contributed by atoms with Crippen LogP contribution in [0.25, 0.3) is 0 Å². The number of methoxy groups -OCH3 is 1. The summed E-state index contributed by atoms with van der Waals surface area (Å²) in [6.07, 6.45) is -3.69. The molecule has 0 unspecified atom stereocenters.